The second-order valence-corrected chi connectivity index (χ2v) is 9.33. The van der Waals surface area contributed by atoms with Crippen molar-refractivity contribution in [3.8, 4) is 5.75 Å². The number of ether oxygens (including phenoxy) is 2. The zero-order chi connectivity index (χ0) is 23.5. The number of hydrogen-bond acceptors (Lipinski definition) is 6. The number of benzene rings is 3. The monoisotopic (exact) mass is 474 g/mol. The maximum Gasteiger partial charge on any atom is 0.344 e. The van der Waals surface area contributed by atoms with Crippen LogP contribution in [0.1, 0.15) is 18.4 Å². The molecule has 3 aromatic carbocycles. The molecule has 172 valence electrons. The van der Waals surface area contributed by atoms with Crippen molar-refractivity contribution in [2.24, 2.45) is 0 Å². The Morgan fingerprint density at radius 3 is 2.50 bits per heavy atom. The Bertz CT molecular complexity index is 1230. The van der Waals surface area contributed by atoms with E-state index in [0.717, 1.165) is 10.5 Å². The quantitative estimate of drug-likeness (QED) is 0.512. The van der Waals surface area contributed by atoms with Gasteiger partial charge in [0, 0.05) is 23.4 Å². The summed E-state index contributed by atoms with van der Waals surface area (Å²) in [5, 5.41) is 2.71. The summed E-state index contributed by atoms with van der Waals surface area (Å²) < 4.78 is 11.1. The van der Waals surface area contributed by atoms with Crippen LogP contribution in [0.5, 0.6) is 5.75 Å². The number of thioether (sulfide) groups is 1. The largest absolute Gasteiger partial charge is 0.489 e. The third-order valence-corrected chi connectivity index (χ3v) is 7.17. The zero-order valence-corrected chi connectivity index (χ0v) is 19.0. The lowest BCUT2D eigenvalue weighted by molar-refractivity contribution is -0.149. The molecule has 0 spiro atoms. The average molecular weight is 475 g/mol. The van der Waals surface area contributed by atoms with E-state index in [4.69, 9.17) is 9.47 Å². The van der Waals surface area contributed by atoms with Crippen LogP contribution < -0.4 is 15.0 Å². The predicted octanol–water partition coefficient (Wildman–Crippen LogP) is 4.38. The number of amides is 2. The minimum atomic E-state index is -1.14. The molecule has 0 bridgehead atoms. The summed E-state index contributed by atoms with van der Waals surface area (Å²) in [6, 6.07) is 24.2. The second-order valence-electron chi connectivity index (χ2n) is 8.01. The van der Waals surface area contributed by atoms with Crippen molar-refractivity contribution in [1.82, 2.24) is 0 Å². The van der Waals surface area contributed by atoms with E-state index in [0.29, 0.717) is 30.2 Å². The van der Waals surface area contributed by atoms with Gasteiger partial charge in [-0.05, 0) is 42.0 Å². The average Bonchev–Trinajstić information content (AvgIpc) is 3.38. The molecule has 0 radical (unpaired) electrons. The van der Waals surface area contributed by atoms with Gasteiger partial charge in [0.05, 0.1) is 5.69 Å². The lowest BCUT2D eigenvalue weighted by Crippen LogP contribution is -2.48. The lowest BCUT2D eigenvalue weighted by atomic mass is 10.2. The number of nitrogens with one attached hydrogen (secondary N) is 1. The summed E-state index contributed by atoms with van der Waals surface area (Å²) in [6.45, 7) is 0.0113. The summed E-state index contributed by atoms with van der Waals surface area (Å²) in [4.78, 5) is 39.1. The third-order valence-electron chi connectivity index (χ3n) is 5.71. The molecular weight excluding hydrogens is 452 g/mol. The first kappa shape index (κ1) is 22.0. The highest BCUT2D eigenvalue weighted by molar-refractivity contribution is 8.02. The Hall–Kier alpha value is -3.78. The number of fused-ring (bicyclic) bond motifs is 3. The van der Waals surface area contributed by atoms with Gasteiger partial charge in [-0.15, -0.1) is 0 Å². The van der Waals surface area contributed by atoms with Gasteiger partial charge in [0.2, 0.25) is 5.91 Å². The molecule has 1 N–H and O–H groups in total. The van der Waals surface area contributed by atoms with Crippen molar-refractivity contribution in [2.45, 2.75) is 29.2 Å². The van der Waals surface area contributed by atoms with E-state index in [1.165, 1.54) is 16.7 Å². The van der Waals surface area contributed by atoms with Gasteiger partial charge in [-0.3, -0.25) is 14.5 Å². The molecule has 5 rings (SSSR count). The van der Waals surface area contributed by atoms with Crippen LogP contribution in [0.2, 0.25) is 0 Å². The molecule has 1 fully saturated rings. The van der Waals surface area contributed by atoms with Crippen molar-refractivity contribution in [3.05, 3.63) is 84.4 Å². The Morgan fingerprint density at radius 2 is 1.71 bits per heavy atom. The maximum absolute atomic E-state index is 13.0. The number of esters is 1. The van der Waals surface area contributed by atoms with Crippen molar-refractivity contribution < 1.29 is 23.9 Å². The smallest absolute Gasteiger partial charge is 0.344 e. The van der Waals surface area contributed by atoms with Gasteiger partial charge in [0.15, 0.2) is 11.5 Å². The van der Waals surface area contributed by atoms with E-state index < -0.39 is 23.4 Å². The van der Waals surface area contributed by atoms with Crippen LogP contribution >= 0.6 is 11.8 Å². The van der Waals surface area contributed by atoms with Gasteiger partial charge in [-0.25, -0.2) is 4.79 Å². The lowest BCUT2D eigenvalue weighted by Gasteiger charge is -2.28. The fourth-order valence-electron chi connectivity index (χ4n) is 4.09. The van der Waals surface area contributed by atoms with Crippen LogP contribution in [0.15, 0.2) is 83.8 Å². The topological polar surface area (TPSA) is 84.9 Å². The van der Waals surface area contributed by atoms with Gasteiger partial charge >= 0.3 is 5.97 Å². The summed E-state index contributed by atoms with van der Waals surface area (Å²) in [6.07, 6.45) is 0.609. The van der Waals surface area contributed by atoms with E-state index in [2.05, 4.69) is 5.32 Å². The highest BCUT2D eigenvalue weighted by atomic mass is 32.2. The molecule has 2 heterocycles. The van der Waals surface area contributed by atoms with E-state index in [-0.39, 0.29) is 12.3 Å². The number of carbonyl (C=O) groups excluding carboxylic acids is 3. The number of nitrogens with zero attached hydrogens (tertiary/aromatic N) is 1. The molecule has 3 aromatic rings. The molecule has 2 amide bonds. The molecule has 34 heavy (non-hydrogen) atoms. The third kappa shape index (κ3) is 4.24. The minimum Gasteiger partial charge on any atom is -0.489 e. The molecule has 2 aliphatic rings. The number of hydrogen-bond donors (Lipinski definition) is 1. The molecule has 0 aromatic heterocycles. The number of para-hydroxylation sites is 1. The van der Waals surface area contributed by atoms with Crippen molar-refractivity contribution in [2.75, 3.05) is 16.8 Å². The number of rotatable bonds is 7. The highest BCUT2D eigenvalue weighted by Crippen LogP contribution is 2.56. The summed E-state index contributed by atoms with van der Waals surface area (Å²) in [7, 11) is 0. The van der Waals surface area contributed by atoms with Gasteiger partial charge in [0.25, 0.3) is 5.91 Å². The van der Waals surface area contributed by atoms with Gasteiger partial charge < -0.3 is 14.8 Å². The molecule has 2 aliphatic heterocycles. The van der Waals surface area contributed by atoms with Crippen molar-refractivity contribution in [3.63, 3.8) is 0 Å². The molecule has 0 saturated carbocycles. The van der Waals surface area contributed by atoms with Crippen LogP contribution in [0, 0.1) is 0 Å². The molecule has 1 saturated heterocycles. The fraction of sp³-hybridized carbons (Fsp3) is 0.192. The van der Waals surface area contributed by atoms with E-state index in [9.17, 15) is 14.4 Å². The van der Waals surface area contributed by atoms with Crippen molar-refractivity contribution in [1.29, 1.82) is 0 Å². The van der Waals surface area contributed by atoms with E-state index in [1.54, 1.807) is 24.3 Å². The van der Waals surface area contributed by atoms with Crippen LogP contribution in [-0.4, -0.2) is 29.3 Å². The van der Waals surface area contributed by atoms with Crippen molar-refractivity contribution >= 4 is 40.9 Å². The van der Waals surface area contributed by atoms with Gasteiger partial charge in [-0.2, -0.15) is 0 Å². The number of anilines is 2. The molecular formula is C26H22N2O5S. The highest BCUT2D eigenvalue weighted by Gasteiger charge is 2.58. The van der Waals surface area contributed by atoms with E-state index in [1.807, 2.05) is 54.6 Å². The molecule has 0 aliphatic carbocycles. The summed E-state index contributed by atoms with van der Waals surface area (Å²) in [5.74, 6) is -0.483. The first-order chi connectivity index (χ1) is 16.5. The fourth-order valence-corrected chi connectivity index (χ4v) is 5.50. The van der Waals surface area contributed by atoms with Crippen LogP contribution in [0.25, 0.3) is 0 Å². The zero-order valence-electron chi connectivity index (χ0n) is 18.2. The number of carbonyl (C=O) groups is 3. The summed E-state index contributed by atoms with van der Waals surface area (Å²) >= 11 is 1.31. The normalized spacial score (nSPS) is 18.2. The molecule has 1 atom stereocenters. The van der Waals surface area contributed by atoms with Gasteiger partial charge in [-0.1, -0.05) is 54.2 Å². The minimum absolute atomic E-state index is 0.117. The van der Waals surface area contributed by atoms with Crippen LogP contribution in [0.3, 0.4) is 0 Å². The first-order valence-corrected chi connectivity index (χ1v) is 11.7. The van der Waals surface area contributed by atoms with Crippen LogP contribution in [0.4, 0.5) is 11.4 Å². The Balaban J connectivity index is 1.15. The standard InChI is InChI=1S/C26H22N2O5S/c29-23(27-19-10-12-20(13-11-19)32-16-18-6-2-1-3-7-18)17-33-25(31)26-15-14-24(30)28(26)21-8-4-5-9-22(21)34-26/h1-13H,14-17H2,(H,27,29). The predicted molar refractivity (Wildman–Crippen MR) is 129 cm³/mol. The van der Waals surface area contributed by atoms with Crippen LogP contribution in [-0.2, 0) is 25.7 Å². The first-order valence-electron chi connectivity index (χ1n) is 10.9. The Morgan fingerprint density at radius 1 is 0.971 bits per heavy atom. The maximum atomic E-state index is 13.0. The van der Waals surface area contributed by atoms with E-state index >= 15 is 0 Å². The summed E-state index contributed by atoms with van der Waals surface area (Å²) in [5.41, 5.74) is 2.34. The second kappa shape index (κ2) is 9.23. The molecule has 7 nitrogen and oxygen atoms in total. The Kier molecular flexibility index (Phi) is 5.98. The SMILES string of the molecule is O=C(COC(=O)C12CCC(=O)N1c1ccccc1S2)Nc1ccc(OCc2ccccc2)cc1. The molecule has 1 unspecified atom stereocenters. The van der Waals surface area contributed by atoms with Gasteiger partial charge in [0.1, 0.15) is 12.4 Å². The Labute approximate surface area is 201 Å². The molecule has 8 heteroatoms.